The van der Waals surface area contributed by atoms with Crippen molar-refractivity contribution in [3.05, 3.63) is 47.7 Å². The van der Waals surface area contributed by atoms with Crippen molar-refractivity contribution in [2.45, 2.75) is 26.1 Å². The minimum atomic E-state index is -4.44. The van der Waals surface area contributed by atoms with Crippen LogP contribution < -0.4 is 10.1 Å². The molecule has 0 bridgehead atoms. The van der Waals surface area contributed by atoms with E-state index in [1.54, 1.807) is 19.9 Å². The average Bonchev–Trinajstić information content (AvgIpc) is 2.52. The number of nitrogens with zero attached hydrogens (tertiary/aromatic N) is 3. The molecule has 1 unspecified atom stereocenters. The van der Waals surface area contributed by atoms with Crippen LogP contribution >= 0.6 is 0 Å². The fourth-order valence-corrected chi connectivity index (χ4v) is 1.86. The highest BCUT2D eigenvalue weighted by Gasteiger charge is 2.28. The zero-order chi connectivity index (χ0) is 17.7. The van der Waals surface area contributed by atoms with E-state index in [-0.39, 0.29) is 11.6 Å². The second kappa shape index (κ2) is 7.24. The maximum atomic E-state index is 12.2. The lowest BCUT2D eigenvalue weighted by atomic mass is 10.1. The van der Waals surface area contributed by atoms with E-state index in [9.17, 15) is 18.0 Å². The van der Waals surface area contributed by atoms with Crippen LogP contribution in [0.15, 0.2) is 30.7 Å². The lowest BCUT2D eigenvalue weighted by Crippen LogP contribution is -2.27. The molecule has 1 N–H and O–H groups in total. The molecular formula is C15H15F3N4O2. The predicted molar refractivity (Wildman–Crippen MR) is 78.4 cm³/mol. The van der Waals surface area contributed by atoms with E-state index in [2.05, 4.69) is 25.0 Å². The van der Waals surface area contributed by atoms with Crippen LogP contribution in [0.25, 0.3) is 0 Å². The zero-order valence-electron chi connectivity index (χ0n) is 13.0. The highest BCUT2D eigenvalue weighted by atomic mass is 19.4. The third-order valence-corrected chi connectivity index (χ3v) is 2.98. The number of aryl methyl sites for hydroxylation is 1. The monoisotopic (exact) mass is 340 g/mol. The van der Waals surface area contributed by atoms with Crippen molar-refractivity contribution in [3.63, 3.8) is 0 Å². The lowest BCUT2D eigenvalue weighted by molar-refractivity contribution is -0.154. The first kappa shape index (κ1) is 17.6. The van der Waals surface area contributed by atoms with Gasteiger partial charge in [0.05, 0.1) is 17.9 Å². The van der Waals surface area contributed by atoms with Gasteiger partial charge in [-0.3, -0.25) is 9.78 Å². The summed E-state index contributed by atoms with van der Waals surface area (Å²) < 4.78 is 41.1. The van der Waals surface area contributed by atoms with Gasteiger partial charge in [-0.1, -0.05) is 0 Å². The summed E-state index contributed by atoms with van der Waals surface area (Å²) >= 11 is 0. The van der Waals surface area contributed by atoms with Crippen molar-refractivity contribution in [3.8, 4) is 5.88 Å². The molecular weight excluding hydrogens is 325 g/mol. The number of pyridine rings is 1. The van der Waals surface area contributed by atoms with Gasteiger partial charge in [0.2, 0.25) is 5.88 Å². The lowest BCUT2D eigenvalue weighted by Gasteiger charge is -2.15. The maximum absolute atomic E-state index is 12.2. The highest BCUT2D eigenvalue weighted by Crippen LogP contribution is 2.20. The molecule has 6 nitrogen and oxygen atoms in total. The third kappa shape index (κ3) is 5.18. The van der Waals surface area contributed by atoms with Crippen LogP contribution in [0.4, 0.5) is 13.2 Å². The molecule has 0 spiro atoms. The van der Waals surface area contributed by atoms with Crippen molar-refractivity contribution in [1.29, 1.82) is 0 Å². The minimum Gasteiger partial charge on any atom is -0.468 e. The Morgan fingerprint density at radius 1 is 1.38 bits per heavy atom. The molecule has 0 saturated carbocycles. The Morgan fingerprint density at radius 2 is 2.12 bits per heavy atom. The number of carbonyl (C=O) groups excluding carboxylic acids is 1. The summed E-state index contributed by atoms with van der Waals surface area (Å²) in [5, 5.41) is 2.69. The van der Waals surface area contributed by atoms with Gasteiger partial charge in [0.1, 0.15) is 5.69 Å². The highest BCUT2D eigenvalue weighted by molar-refractivity contribution is 5.92. The number of amides is 1. The molecule has 24 heavy (non-hydrogen) atoms. The largest absolute Gasteiger partial charge is 0.468 e. The molecule has 128 valence electrons. The van der Waals surface area contributed by atoms with Crippen LogP contribution in [0, 0.1) is 6.92 Å². The minimum absolute atomic E-state index is 0.157. The van der Waals surface area contributed by atoms with Gasteiger partial charge < -0.3 is 10.1 Å². The molecule has 2 aromatic rings. The Balaban J connectivity index is 2.04. The molecule has 0 aliphatic carbocycles. The first-order valence-electron chi connectivity index (χ1n) is 6.99. The quantitative estimate of drug-likeness (QED) is 0.905. The smallest absolute Gasteiger partial charge is 0.422 e. The summed E-state index contributed by atoms with van der Waals surface area (Å²) in [6, 6.07) is 2.45. The Kier molecular flexibility index (Phi) is 5.32. The van der Waals surface area contributed by atoms with Crippen molar-refractivity contribution in [1.82, 2.24) is 20.3 Å². The van der Waals surface area contributed by atoms with Crippen LogP contribution in [0.3, 0.4) is 0 Å². The Hall–Kier alpha value is -2.71. The summed E-state index contributed by atoms with van der Waals surface area (Å²) in [5.41, 5.74) is 1.31. The zero-order valence-corrected chi connectivity index (χ0v) is 13.0. The number of rotatable bonds is 5. The molecule has 0 radical (unpaired) electrons. The van der Waals surface area contributed by atoms with E-state index in [0.29, 0.717) is 11.3 Å². The molecule has 0 aliphatic heterocycles. The van der Waals surface area contributed by atoms with Gasteiger partial charge in [0.25, 0.3) is 5.91 Å². The van der Waals surface area contributed by atoms with Crippen LogP contribution in [0.2, 0.25) is 0 Å². The molecule has 9 heteroatoms. The standard InChI is InChI=1S/C15H15F3N4O2/c1-9-6-19-7-12(21-9)14(23)22-10(2)11-3-4-20-13(5-11)24-8-15(16,17)18/h3-7,10H,8H2,1-2H3,(H,22,23). The third-order valence-electron chi connectivity index (χ3n) is 2.98. The van der Waals surface area contributed by atoms with Gasteiger partial charge in [-0.25, -0.2) is 9.97 Å². The summed E-state index contributed by atoms with van der Waals surface area (Å²) in [5.74, 6) is -0.602. The number of hydrogen-bond donors (Lipinski definition) is 1. The molecule has 2 heterocycles. The molecule has 2 rings (SSSR count). The summed E-state index contributed by atoms with van der Waals surface area (Å²) in [6.45, 7) is 1.97. The number of alkyl halides is 3. The van der Waals surface area contributed by atoms with Crippen molar-refractivity contribution in [2.24, 2.45) is 0 Å². The molecule has 0 aliphatic rings. The molecule has 1 atom stereocenters. The van der Waals surface area contributed by atoms with Crippen LogP contribution in [0.1, 0.15) is 34.7 Å². The summed E-state index contributed by atoms with van der Waals surface area (Å²) in [4.78, 5) is 23.8. The average molecular weight is 340 g/mol. The van der Waals surface area contributed by atoms with E-state index in [0.717, 1.165) is 0 Å². The molecule has 1 amide bonds. The number of halogens is 3. The van der Waals surface area contributed by atoms with E-state index in [1.165, 1.54) is 24.7 Å². The van der Waals surface area contributed by atoms with E-state index in [1.807, 2.05) is 0 Å². The fraction of sp³-hybridized carbons (Fsp3) is 0.333. The van der Waals surface area contributed by atoms with Gasteiger partial charge in [-0.15, -0.1) is 0 Å². The molecule has 2 aromatic heterocycles. The second-order valence-electron chi connectivity index (χ2n) is 5.07. The summed E-state index contributed by atoms with van der Waals surface area (Å²) in [6.07, 6.45) is -0.273. The predicted octanol–water partition coefficient (Wildman–Crippen LogP) is 2.61. The summed E-state index contributed by atoms with van der Waals surface area (Å²) in [7, 11) is 0. The molecule has 0 saturated heterocycles. The number of nitrogens with one attached hydrogen (secondary N) is 1. The number of carbonyl (C=O) groups is 1. The van der Waals surface area contributed by atoms with Gasteiger partial charge in [-0.05, 0) is 25.5 Å². The Morgan fingerprint density at radius 3 is 2.79 bits per heavy atom. The Bertz CT molecular complexity index is 722. The molecule has 0 fully saturated rings. The maximum Gasteiger partial charge on any atom is 0.422 e. The number of aromatic nitrogens is 3. The van der Waals surface area contributed by atoms with Gasteiger partial charge >= 0.3 is 6.18 Å². The van der Waals surface area contributed by atoms with Crippen molar-refractivity contribution in [2.75, 3.05) is 6.61 Å². The topological polar surface area (TPSA) is 77.0 Å². The first-order valence-corrected chi connectivity index (χ1v) is 6.99. The van der Waals surface area contributed by atoms with Gasteiger partial charge in [0, 0.05) is 18.5 Å². The van der Waals surface area contributed by atoms with E-state index >= 15 is 0 Å². The van der Waals surface area contributed by atoms with Crippen molar-refractivity contribution < 1.29 is 22.7 Å². The van der Waals surface area contributed by atoms with Crippen LogP contribution in [-0.4, -0.2) is 33.6 Å². The van der Waals surface area contributed by atoms with Crippen molar-refractivity contribution >= 4 is 5.91 Å². The van der Waals surface area contributed by atoms with Gasteiger partial charge in [-0.2, -0.15) is 13.2 Å². The number of ether oxygens (including phenoxy) is 1. The normalized spacial score (nSPS) is 12.5. The molecule has 0 aromatic carbocycles. The Labute approximate surface area is 136 Å². The van der Waals surface area contributed by atoms with Crippen LogP contribution in [-0.2, 0) is 0 Å². The number of hydrogen-bond acceptors (Lipinski definition) is 5. The van der Waals surface area contributed by atoms with E-state index < -0.39 is 24.7 Å². The SMILES string of the molecule is Cc1cncc(C(=O)NC(C)c2ccnc(OCC(F)(F)F)c2)n1. The van der Waals surface area contributed by atoms with E-state index in [4.69, 9.17) is 0 Å². The van der Waals surface area contributed by atoms with Crippen LogP contribution in [0.5, 0.6) is 5.88 Å². The first-order chi connectivity index (χ1) is 11.2. The fourth-order valence-electron chi connectivity index (χ4n) is 1.86. The second-order valence-corrected chi connectivity index (χ2v) is 5.07. The van der Waals surface area contributed by atoms with Gasteiger partial charge in [0.15, 0.2) is 6.61 Å².